The van der Waals surface area contributed by atoms with Crippen molar-refractivity contribution < 1.29 is 4.79 Å². The van der Waals surface area contributed by atoms with Crippen LogP contribution in [0.1, 0.15) is 10.4 Å². The van der Waals surface area contributed by atoms with Gasteiger partial charge in [0.25, 0.3) is 5.91 Å². The van der Waals surface area contributed by atoms with E-state index in [4.69, 9.17) is 11.5 Å². The molecule has 0 bridgehead atoms. The second-order valence-electron chi connectivity index (χ2n) is 3.54. The van der Waals surface area contributed by atoms with E-state index in [0.717, 1.165) is 0 Å². The fourth-order valence-electron chi connectivity index (χ4n) is 1.61. The quantitative estimate of drug-likeness (QED) is 0.539. The topological polar surface area (TPSA) is 141 Å². The molecular weight excluding hydrogens is 236 g/mol. The maximum absolute atomic E-state index is 11.1. The summed E-state index contributed by atoms with van der Waals surface area (Å²) in [5.74, 6) is -0.154. The van der Waals surface area contributed by atoms with Crippen LogP contribution in [0.25, 0.3) is 17.0 Å². The number of carbonyl (C=O) groups excluding carboxylic acids is 1. The molecule has 0 aliphatic heterocycles. The van der Waals surface area contributed by atoms with E-state index in [1.807, 2.05) is 0 Å². The summed E-state index contributed by atoms with van der Waals surface area (Å²) in [5, 5.41) is 3.99. The van der Waals surface area contributed by atoms with E-state index in [0.29, 0.717) is 17.0 Å². The number of nitrogen functional groups attached to an aromatic ring is 1. The third-order valence-electron chi connectivity index (χ3n) is 2.43. The number of hydrogen-bond donors (Lipinski definition) is 3. The summed E-state index contributed by atoms with van der Waals surface area (Å²) in [7, 11) is 0. The van der Waals surface area contributed by atoms with Gasteiger partial charge in [0, 0.05) is 6.20 Å². The largest absolute Gasteiger partial charge is 0.382 e. The molecule has 0 atom stereocenters. The lowest BCUT2D eigenvalue weighted by Gasteiger charge is -1.99. The predicted octanol–water partition coefficient (Wildman–Crippen LogP) is -0.780. The normalized spacial score (nSPS) is 10.9. The first kappa shape index (κ1) is 10.2. The number of aromatic nitrogens is 6. The molecule has 0 aromatic carbocycles. The number of aromatic amines is 1. The van der Waals surface area contributed by atoms with Crippen molar-refractivity contribution in [1.82, 2.24) is 29.7 Å². The minimum Gasteiger partial charge on any atom is -0.382 e. The molecule has 0 saturated carbocycles. The number of fused-ring (bicyclic) bond motifs is 1. The van der Waals surface area contributed by atoms with Crippen LogP contribution in [0.5, 0.6) is 0 Å². The lowest BCUT2D eigenvalue weighted by molar-refractivity contribution is 0.100. The minimum absolute atomic E-state index is 0.0498. The average Bonchev–Trinajstić information content (AvgIpc) is 2.94. The van der Waals surface area contributed by atoms with Gasteiger partial charge >= 0.3 is 0 Å². The van der Waals surface area contributed by atoms with Crippen molar-refractivity contribution >= 4 is 22.9 Å². The van der Waals surface area contributed by atoms with E-state index in [-0.39, 0.29) is 11.4 Å². The number of carbonyl (C=O) groups is 1. The van der Waals surface area contributed by atoms with Crippen LogP contribution < -0.4 is 11.5 Å². The first-order valence-corrected chi connectivity index (χ1v) is 4.96. The fraction of sp³-hybridized carbons (Fsp3) is 0. The van der Waals surface area contributed by atoms with E-state index < -0.39 is 5.91 Å². The monoisotopic (exact) mass is 244 g/mol. The number of nitrogens with zero attached hydrogens (tertiary/aromatic N) is 5. The second-order valence-corrected chi connectivity index (χ2v) is 3.54. The highest BCUT2D eigenvalue weighted by Gasteiger charge is 2.15. The van der Waals surface area contributed by atoms with Crippen LogP contribution in [0.2, 0.25) is 0 Å². The van der Waals surface area contributed by atoms with Crippen molar-refractivity contribution in [2.75, 3.05) is 5.73 Å². The molecule has 1 amide bonds. The first-order chi connectivity index (χ1) is 8.66. The predicted molar refractivity (Wildman–Crippen MR) is 61.7 cm³/mol. The molecule has 3 rings (SSSR count). The smallest absolute Gasteiger partial charge is 0.254 e. The summed E-state index contributed by atoms with van der Waals surface area (Å²) in [6.45, 7) is 0. The zero-order valence-electron chi connectivity index (χ0n) is 9.03. The van der Waals surface area contributed by atoms with E-state index in [9.17, 15) is 4.79 Å². The number of nitrogens with two attached hydrogens (primary N) is 2. The highest BCUT2D eigenvalue weighted by Crippen LogP contribution is 2.16. The molecule has 9 nitrogen and oxygen atoms in total. The zero-order valence-corrected chi connectivity index (χ0v) is 9.03. The Balaban J connectivity index is 2.23. The van der Waals surface area contributed by atoms with Gasteiger partial charge in [0.2, 0.25) is 0 Å². The van der Waals surface area contributed by atoms with Crippen molar-refractivity contribution in [2.45, 2.75) is 0 Å². The van der Waals surface area contributed by atoms with Crippen molar-refractivity contribution in [1.29, 1.82) is 0 Å². The van der Waals surface area contributed by atoms with Gasteiger partial charge in [-0.05, 0) is 0 Å². The molecule has 3 aromatic rings. The molecule has 18 heavy (non-hydrogen) atoms. The van der Waals surface area contributed by atoms with E-state index in [2.05, 4.69) is 25.0 Å². The summed E-state index contributed by atoms with van der Waals surface area (Å²) in [5.41, 5.74) is 12.0. The molecule has 3 aromatic heterocycles. The zero-order chi connectivity index (χ0) is 12.7. The van der Waals surface area contributed by atoms with Crippen LogP contribution in [-0.2, 0) is 0 Å². The number of H-pyrrole nitrogens is 1. The Morgan fingerprint density at radius 1 is 1.33 bits per heavy atom. The van der Waals surface area contributed by atoms with Crippen LogP contribution in [0.3, 0.4) is 0 Å². The molecule has 0 saturated heterocycles. The van der Waals surface area contributed by atoms with Crippen molar-refractivity contribution in [3.8, 4) is 5.82 Å². The Labute approximate surface area is 99.9 Å². The van der Waals surface area contributed by atoms with Gasteiger partial charge in [-0.25, -0.2) is 19.6 Å². The maximum Gasteiger partial charge on any atom is 0.254 e. The lowest BCUT2D eigenvalue weighted by atomic mass is 10.3. The summed E-state index contributed by atoms with van der Waals surface area (Å²) in [6, 6.07) is 0. The van der Waals surface area contributed by atoms with Crippen molar-refractivity contribution in [2.24, 2.45) is 5.73 Å². The number of hydrogen-bond acceptors (Lipinski definition) is 6. The van der Waals surface area contributed by atoms with Gasteiger partial charge in [-0.2, -0.15) is 0 Å². The van der Waals surface area contributed by atoms with Crippen LogP contribution in [0, 0.1) is 0 Å². The molecule has 3 heterocycles. The Morgan fingerprint density at radius 3 is 2.89 bits per heavy atom. The third-order valence-corrected chi connectivity index (χ3v) is 2.43. The third kappa shape index (κ3) is 1.38. The van der Waals surface area contributed by atoms with E-state index in [1.54, 1.807) is 0 Å². The highest BCUT2D eigenvalue weighted by molar-refractivity contribution is 5.97. The van der Waals surface area contributed by atoms with Gasteiger partial charge < -0.3 is 16.5 Å². The number of imidazole rings is 1. The molecule has 0 aliphatic carbocycles. The Morgan fingerprint density at radius 2 is 2.17 bits per heavy atom. The SMILES string of the molecule is NC(=O)c1cn(-c2ncnc3nc[nH]c23)nc1N. The summed E-state index contributed by atoms with van der Waals surface area (Å²) < 4.78 is 1.36. The Bertz CT molecular complexity index is 742. The van der Waals surface area contributed by atoms with Gasteiger partial charge in [-0.15, -0.1) is 5.10 Å². The molecule has 0 unspecified atom stereocenters. The first-order valence-electron chi connectivity index (χ1n) is 4.96. The van der Waals surface area contributed by atoms with Crippen molar-refractivity contribution in [3.05, 3.63) is 24.4 Å². The highest BCUT2D eigenvalue weighted by atomic mass is 16.1. The van der Waals surface area contributed by atoms with Gasteiger partial charge in [0.05, 0.1) is 6.33 Å². The molecule has 5 N–H and O–H groups in total. The Kier molecular flexibility index (Phi) is 1.99. The van der Waals surface area contributed by atoms with E-state index in [1.165, 1.54) is 23.5 Å². The maximum atomic E-state index is 11.1. The van der Waals surface area contributed by atoms with Crippen LogP contribution in [0.4, 0.5) is 5.82 Å². The standard InChI is InChI=1S/C9H8N8O/c10-6-4(7(11)18)1-17(16-6)9-5-8(13-2-12-5)14-3-15-9/h1-3H,(H2,10,16)(H2,11,18)(H,12,13,14,15). The summed E-state index contributed by atoms with van der Waals surface area (Å²) >= 11 is 0. The molecule has 0 aliphatic rings. The van der Waals surface area contributed by atoms with Crippen molar-refractivity contribution in [3.63, 3.8) is 0 Å². The number of nitrogens with one attached hydrogen (secondary N) is 1. The molecule has 0 radical (unpaired) electrons. The number of amides is 1. The van der Waals surface area contributed by atoms with Gasteiger partial charge in [-0.1, -0.05) is 0 Å². The van der Waals surface area contributed by atoms with Gasteiger partial charge in [0.1, 0.15) is 17.4 Å². The van der Waals surface area contributed by atoms with Crippen LogP contribution in [0.15, 0.2) is 18.9 Å². The molecular formula is C9H8N8O. The molecule has 9 heteroatoms. The minimum atomic E-state index is -0.645. The summed E-state index contributed by atoms with van der Waals surface area (Å²) in [4.78, 5) is 26.1. The lowest BCUT2D eigenvalue weighted by Crippen LogP contribution is -2.11. The molecule has 0 spiro atoms. The van der Waals surface area contributed by atoms with Crippen LogP contribution in [-0.4, -0.2) is 35.6 Å². The van der Waals surface area contributed by atoms with Crippen LogP contribution >= 0.6 is 0 Å². The average molecular weight is 244 g/mol. The molecule has 0 fully saturated rings. The number of anilines is 1. The summed E-state index contributed by atoms with van der Waals surface area (Å²) in [6.07, 6.45) is 4.26. The van der Waals surface area contributed by atoms with Gasteiger partial charge in [-0.3, -0.25) is 4.79 Å². The Hall–Kier alpha value is -2.97. The van der Waals surface area contributed by atoms with Gasteiger partial charge in [0.15, 0.2) is 17.3 Å². The fourth-order valence-corrected chi connectivity index (χ4v) is 1.61. The number of primary amides is 1. The number of rotatable bonds is 2. The second kappa shape index (κ2) is 3.52. The van der Waals surface area contributed by atoms with E-state index >= 15 is 0 Å². The molecule has 90 valence electrons.